The van der Waals surface area contributed by atoms with Gasteiger partial charge in [-0.2, -0.15) is 0 Å². The molecule has 0 saturated carbocycles. The van der Waals surface area contributed by atoms with Crippen LogP contribution in [0.4, 0.5) is 11.4 Å². The monoisotopic (exact) mass is 356 g/mol. The van der Waals surface area contributed by atoms with E-state index >= 15 is 0 Å². The van der Waals surface area contributed by atoms with E-state index in [1.54, 1.807) is 23.1 Å². The molecule has 1 fully saturated rings. The van der Waals surface area contributed by atoms with E-state index in [9.17, 15) is 9.59 Å². The largest absolute Gasteiger partial charge is 0.372 e. The first-order chi connectivity index (χ1) is 12.1. The number of carbonyl (C=O) groups excluding carboxylic acids is 2. The number of halogens is 1. The number of ether oxygens (including phenoxy) is 1. The second kappa shape index (κ2) is 6.50. The molecule has 0 aliphatic carbocycles. The van der Waals surface area contributed by atoms with Crippen LogP contribution in [0, 0.1) is 0 Å². The Bertz CT molecular complexity index is 866. The van der Waals surface area contributed by atoms with Gasteiger partial charge >= 0.3 is 0 Å². The van der Waals surface area contributed by atoms with E-state index in [0.29, 0.717) is 48.1 Å². The number of carbonyl (C=O) groups is 2. The van der Waals surface area contributed by atoms with Gasteiger partial charge in [0.2, 0.25) is 5.91 Å². The highest BCUT2D eigenvalue weighted by Crippen LogP contribution is 2.28. The quantitative estimate of drug-likeness (QED) is 0.911. The molecule has 1 saturated heterocycles. The van der Waals surface area contributed by atoms with E-state index in [4.69, 9.17) is 16.3 Å². The Morgan fingerprint density at radius 2 is 1.96 bits per heavy atom. The molecule has 25 heavy (non-hydrogen) atoms. The van der Waals surface area contributed by atoms with Gasteiger partial charge in [0, 0.05) is 24.3 Å². The molecular formula is C19H17ClN2O3. The molecular weight excluding hydrogens is 340 g/mol. The number of anilines is 2. The van der Waals surface area contributed by atoms with Gasteiger partial charge in [0.1, 0.15) is 0 Å². The molecule has 2 aromatic rings. The molecule has 2 aliphatic rings. The average molecular weight is 357 g/mol. The molecule has 2 aromatic carbocycles. The molecule has 0 bridgehead atoms. The third-order valence-corrected chi connectivity index (χ3v) is 4.89. The van der Waals surface area contributed by atoms with Gasteiger partial charge < -0.3 is 15.0 Å². The Hall–Kier alpha value is -2.37. The van der Waals surface area contributed by atoms with Crippen molar-refractivity contribution >= 4 is 34.8 Å². The SMILES string of the molecule is O=C(Nc1ccc2c(c1)COC2)c1cc(N2CCCC2=O)ccc1Cl. The van der Waals surface area contributed by atoms with Crippen molar-refractivity contribution in [3.05, 3.63) is 58.1 Å². The number of rotatable bonds is 3. The Morgan fingerprint density at radius 3 is 2.76 bits per heavy atom. The van der Waals surface area contributed by atoms with Crippen molar-refractivity contribution in [1.29, 1.82) is 0 Å². The lowest BCUT2D eigenvalue weighted by atomic mass is 10.1. The van der Waals surface area contributed by atoms with Crippen LogP contribution in [0.25, 0.3) is 0 Å². The number of hydrogen-bond acceptors (Lipinski definition) is 3. The van der Waals surface area contributed by atoms with Crippen molar-refractivity contribution in [3.8, 4) is 0 Å². The van der Waals surface area contributed by atoms with Crippen LogP contribution in [0.15, 0.2) is 36.4 Å². The van der Waals surface area contributed by atoms with Gasteiger partial charge in [0.15, 0.2) is 0 Å². The predicted molar refractivity (Wildman–Crippen MR) is 95.9 cm³/mol. The zero-order valence-corrected chi connectivity index (χ0v) is 14.3. The van der Waals surface area contributed by atoms with Gasteiger partial charge in [0.05, 0.1) is 23.8 Å². The second-order valence-corrected chi connectivity index (χ2v) is 6.65. The first kappa shape index (κ1) is 16.1. The highest BCUT2D eigenvalue weighted by molar-refractivity contribution is 6.34. The third kappa shape index (κ3) is 3.13. The fourth-order valence-electron chi connectivity index (χ4n) is 3.22. The van der Waals surface area contributed by atoms with Crippen LogP contribution in [0.1, 0.15) is 34.3 Å². The lowest BCUT2D eigenvalue weighted by Crippen LogP contribution is -2.24. The van der Waals surface area contributed by atoms with Crippen LogP contribution in [-0.2, 0) is 22.7 Å². The first-order valence-electron chi connectivity index (χ1n) is 8.22. The average Bonchev–Trinajstić information content (AvgIpc) is 3.23. The van der Waals surface area contributed by atoms with E-state index in [-0.39, 0.29) is 11.8 Å². The number of amides is 2. The zero-order valence-electron chi connectivity index (χ0n) is 13.5. The molecule has 5 nitrogen and oxygen atoms in total. The van der Waals surface area contributed by atoms with Gasteiger partial charge in [-0.1, -0.05) is 17.7 Å². The minimum absolute atomic E-state index is 0.0762. The van der Waals surface area contributed by atoms with Crippen molar-refractivity contribution in [2.24, 2.45) is 0 Å². The van der Waals surface area contributed by atoms with Gasteiger partial charge in [-0.15, -0.1) is 0 Å². The first-order valence-corrected chi connectivity index (χ1v) is 8.60. The fourth-order valence-corrected chi connectivity index (χ4v) is 3.43. The molecule has 2 aliphatic heterocycles. The van der Waals surface area contributed by atoms with E-state index in [0.717, 1.165) is 17.5 Å². The smallest absolute Gasteiger partial charge is 0.257 e. The molecule has 1 N–H and O–H groups in total. The van der Waals surface area contributed by atoms with Crippen LogP contribution in [0.5, 0.6) is 0 Å². The lowest BCUT2D eigenvalue weighted by molar-refractivity contribution is -0.117. The van der Waals surface area contributed by atoms with Crippen molar-refractivity contribution in [3.63, 3.8) is 0 Å². The Morgan fingerprint density at radius 1 is 1.12 bits per heavy atom. The Labute approximate surface area is 150 Å². The highest BCUT2D eigenvalue weighted by Gasteiger charge is 2.23. The van der Waals surface area contributed by atoms with Crippen LogP contribution in [-0.4, -0.2) is 18.4 Å². The molecule has 0 atom stereocenters. The summed E-state index contributed by atoms with van der Waals surface area (Å²) in [7, 11) is 0. The molecule has 0 unspecified atom stereocenters. The van der Waals surface area contributed by atoms with Crippen LogP contribution in [0.3, 0.4) is 0 Å². The van der Waals surface area contributed by atoms with Crippen molar-refractivity contribution < 1.29 is 14.3 Å². The van der Waals surface area contributed by atoms with Crippen LogP contribution >= 0.6 is 11.6 Å². The molecule has 0 spiro atoms. The molecule has 6 heteroatoms. The summed E-state index contributed by atoms with van der Waals surface area (Å²) in [4.78, 5) is 26.3. The number of nitrogens with one attached hydrogen (secondary N) is 1. The van der Waals surface area contributed by atoms with Crippen LogP contribution < -0.4 is 10.2 Å². The number of hydrogen-bond donors (Lipinski definition) is 1. The Kier molecular flexibility index (Phi) is 4.19. The zero-order chi connectivity index (χ0) is 17.4. The number of fused-ring (bicyclic) bond motifs is 1. The fraction of sp³-hybridized carbons (Fsp3) is 0.263. The molecule has 128 valence electrons. The maximum atomic E-state index is 12.7. The summed E-state index contributed by atoms with van der Waals surface area (Å²) in [5.41, 5.74) is 3.99. The van der Waals surface area contributed by atoms with Gasteiger partial charge in [-0.05, 0) is 47.9 Å². The number of benzene rings is 2. The maximum Gasteiger partial charge on any atom is 0.257 e. The minimum Gasteiger partial charge on any atom is -0.372 e. The second-order valence-electron chi connectivity index (χ2n) is 6.24. The highest BCUT2D eigenvalue weighted by atomic mass is 35.5. The summed E-state index contributed by atoms with van der Waals surface area (Å²) < 4.78 is 5.39. The molecule has 2 heterocycles. The normalized spacial score (nSPS) is 16.2. The summed E-state index contributed by atoms with van der Waals surface area (Å²) in [5.74, 6) is -0.218. The molecule has 0 radical (unpaired) electrons. The topological polar surface area (TPSA) is 58.6 Å². The van der Waals surface area contributed by atoms with E-state index in [1.807, 2.05) is 18.2 Å². The van der Waals surface area contributed by atoms with E-state index in [1.165, 1.54) is 0 Å². The summed E-state index contributed by atoms with van der Waals surface area (Å²) in [6.45, 7) is 1.85. The van der Waals surface area contributed by atoms with Crippen molar-refractivity contribution in [2.75, 3.05) is 16.8 Å². The Balaban J connectivity index is 1.58. The van der Waals surface area contributed by atoms with Gasteiger partial charge in [-0.3, -0.25) is 9.59 Å². The summed E-state index contributed by atoms with van der Waals surface area (Å²) in [6, 6.07) is 10.8. The van der Waals surface area contributed by atoms with Crippen molar-refractivity contribution in [2.45, 2.75) is 26.1 Å². The summed E-state index contributed by atoms with van der Waals surface area (Å²) in [5, 5.41) is 3.23. The van der Waals surface area contributed by atoms with Crippen molar-refractivity contribution in [1.82, 2.24) is 0 Å². The summed E-state index contributed by atoms with van der Waals surface area (Å²) >= 11 is 6.21. The van der Waals surface area contributed by atoms with Gasteiger partial charge in [-0.25, -0.2) is 0 Å². The standard InChI is InChI=1S/C19H17ClN2O3/c20-17-6-5-15(22-7-1-2-18(22)23)9-16(17)19(24)21-14-4-3-12-10-25-11-13(12)8-14/h3-6,8-9H,1-2,7,10-11H2,(H,21,24). The maximum absolute atomic E-state index is 12.7. The minimum atomic E-state index is -0.294. The molecule has 0 aromatic heterocycles. The van der Waals surface area contributed by atoms with Crippen LogP contribution in [0.2, 0.25) is 5.02 Å². The van der Waals surface area contributed by atoms with E-state index in [2.05, 4.69) is 5.32 Å². The predicted octanol–water partition coefficient (Wildman–Crippen LogP) is 3.75. The third-order valence-electron chi connectivity index (χ3n) is 4.56. The summed E-state index contributed by atoms with van der Waals surface area (Å²) in [6.07, 6.45) is 1.38. The molecule has 4 rings (SSSR count). The van der Waals surface area contributed by atoms with E-state index < -0.39 is 0 Å². The lowest BCUT2D eigenvalue weighted by Gasteiger charge is -2.17. The number of nitrogens with zero attached hydrogens (tertiary/aromatic N) is 1. The van der Waals surface area contributed by atoms with Gasteiger partial charge in [0.25, 0.3) is 5.91 Å². The molecule has 2 amide bonds.